The molecule has 0 fully saturated rings. The average Bonchev–Trinajstić information content (AvgIpc) is 3.11. The van der Waals surface area contributed by atoms with Crippen LogP contribution in [0.1, 0.15) is 24.9 Å². The summed E-state index contributed by atoms with van der Waals surface area (Å²) >= 11 is 1.54. The Morgan fingerprint density at radius 3 is 2.59 bits per heavy atom. The molecule has 0 aliphatic heterocycles. The van der Waals surface area contributed by atoms with Crippen molar-refractivity contribution in [2.24, 2.45) is 0 Å². The lowest BCUT2D eigenvalue weighted by Gasteiger charge is -2.12. The number of rotatable bonds is 5. The fraction of sp³-hybridized carbons (Fsp3) is 0.200. The van der Waals surface area contributed by atoms with E-state index >= 15 is 0 Å². The van der Waals surface area contributed by atoms with E-state index in [0.717, 1.165) is 23.1 Å². The summed E-state index contributed by atoms with van der Waals surface area (Å²) < 4.78 is 2.08. The van der Waals surface area contributed by atoms with E-state index in [1.165, 1.54) is 11.8 Å². The van der Waals surface area contributed by atoms with Crippen LogP contribution in [0.5, 0.6) is 0 Å². The van der Waals surface area contributed by atoms with Crippen molar-refractivity contribution in [2.45, 2.75) is 30.8 Å². The standard InChI is InChI=1S/C20H19N5OS/c1-3-25-18(14-9-5-4-6-10-14)23-24-20(25)27-13(2)17-21-16-12-8-7-11-15(16)19(26)22-17/h4-13H,3H2,1-2H3,(H,21,22,26)/t13-/m1/s1. The van der Waals surface area contributed by atoms with Gasteiger partial charge >= 0.3 is 0 Å². The second kappa shape index (κ2) is 7.36. The highest BCUT2D eigenvalue weighted by molar-refractivity contribution is 7.99. The zero-order valence-electron chi connectivity index (χ0n) is 15.1. The third-order valence-corrected chi connectivity index (χ3v) is 5.45. The molecule has 0 unspecified atom stereocenters. The van der Waals surface area contributed by atoms with E-state index in [2.05, 4.69) is 31.7 Å². The summed E-state index contributed by atoms with van der Waals surface area (Å²) in [6.45, 7) is 4.84. The van der Waals surface area contributed by atoms with Gasteiger partial charge in [0, 0.05) is 12.1 Å². The normalized spacial score (nSPS) is 12.4. The maximum Gasteiger partial charge on any atom is 0.258 e. The summed E-state index contributed by atoms with van der Waals surface area (Å²) in [7, 11) is 0. The average molecular weight is 377 g/mol. The van der Waals surface area contributed by atoms with Gasteiger partial charge < -0.3 is 9.55 Å². The molecule has 1 atom stereocenters. The second-order valence-corrected chi connectivity index (χ2v) is 7.45. The molecule has 7 heteroatoms. The molecule has 0 aliphatic rings. The molecule has 0 saturated carbocycles. The molecule has 2 aromatic heterocycles. The number of hydrogen-bond acceptors (Lipinski definition) is 5. The Balaban J connectivity index is 1.67. The lowest BCUT2D eigenvalue weighted by Crippen LogP contribution is -2.13. The van der Waals surface area contributed by atoms with Gasteiger partial charge in [0.2, 0.25) is 0 Å². The van der Waals surface area contributed by atoms with Crippen LogP contribution in [0.3, 0.4) is 0 Å². The first kappa shape index (κ1) is 17.5. The van der Waals surface area contributed by atoms with Crippen LogP contribution in [-0.4, -0.2) is 24.7 Å². The van der Waals surface area contributed by atoms with Crippen LogP contribution in [-0.2, 0) is 6.54 Å². The first-order valence-electron chi connectivity index (χ1n) is 8.81. The Kier molecular flexibility index (Phi) is 4.77. The molecule has 6 nitrogen and oxygen atoms in total. The summed E-state index contributed by atoms with van der Waals surface area (Å²) in [6.07, 6.45) is 0. The predicted octanol–water partition coefficient (Wildman–Crippen LogP) is 4.05. The van der Waals surface area contributed by atoms with Gasteiger partial charge in [0.15, 0.2) is 11.0 Å². The molecule has 2 aromatic carbocycles. The van der Waals surface area contributed by atoms with E-state index < -0.39 is 0 Å². The molecule has 1 N–H and O–H groups in total. The number of nitrogens with one attached hydrogen (secondary N) is 1. The SMILES string of the molecule is CCn1c(S[C@H](C)c2nc3ccccc3c(=O)[nH]2)nnc1-c1ccccc1. The van der Waals surface area contributed by atoms with Crippen molar-refractivity contribution in [1.29, 1.82) is 0 Å². The monoisotopic (exact) mass is 377 g/mol. The maximum atomic E-state index is 12.3. The number of nitrogens with zero attached hydrogens (tertiary/aromatic N) is 4. The van der Waals surface area contributed by atoms with Crippen molar-refractivity contribution < 1.29 is 0 Å². The Morgan fingerprint density at radius 1 is 1.07 bits per heavy atom. The number of fused-ring (bicyclic) bond motifs is 1. The predicted molar refractivity (Wildman–Crippen MR) is 108 cm³/mol. The van der Waals surface area contributed by atoms with Crippen molar-refractivity contribution in [1.82, 2.24) is 24.7 Å². The number of para-hydroxylation sites is 1. The van der Waals surface area contributed by atoms with Crippen LogP contribution in [0, 0.1) is 0 Å². The summed E-state index contributed by atoms with van der Waals surface area (Å²) in [5, 5.41) is 10.1. The highest BCUT2D eigenvalue weighted by Gasteiger charge is 2.18. The third kappa shape index (κ3) is 3.38. The number of aromatic nitrogens is 5. The van der Waals surface area contributed by atoms with Crippen molar-refractivity contribution in [3.05, 3.63) is 70.8 Å². The summed E-state index contributed by atoms with van der Waals surface area (Å²) in [4.78, 5) is 19.9. The van der Waals surface area contributed by atoms with Crippen LogP contribution in [0.25, 0.3) is 22.3 Å². The van der Waals surface area contributed by atoms with Crippen molar-refractivity contribution >= 4 is 22.7 Å². The van der Waals surface area contributed by atoms with Crippen LogP contribution in [0.4, 0.5) is 0 Å². The van der Waals surface area contributed by atoms with E-state index in [1.54, 1.807) is 6.07 Å². The Labute approximate surface area is 160 Å². The van der Waals surface area contributed by atoms with Crippen molar-refractivity contribution in [3.63, 3.8) is 0 Å². The number of thioether (sulfide) groups is 1. The quantitative estimate of drug-likeness (QED) is 0.531. The van der Waals surface area contributed by atoms with E-state index in [9.17, 15) is 4.79 Å². The number of aromatic amines is 1. The van der Waals surface area contributed by atoms with Gasteiger partial charge in [0.25, 0.3) is 5.56 Å². The van der Waals surface area contributed by atoms with Gasteiger partial charge in [0.1, 0.15) is 5.82 Å². The number of benzene rings is 2. The van der Waals surface area contributed by atoms with Crippen LogP contribution in [0.15, 0.2) is 64.5 Å². The highest BCUT2D eigenvalue weighted by Crippen LogP contribution is 2.33. The lowest BCUT2D eigenvalue weighted by molar-refractivity contribution is 0.685. The minimum absolute atomic E-state index is 0.0690. The van der Waals surface area contributed by atoms with Gasteiger partial charge in [-0.05, 0) is 26.0 Å². The fourth-order valence-corrected chi connectivity index (χ4v) is 3.94. The Morgan fingerprint density at radius 2 is 1.81 bits per heavy atom. The summed E-state index contributed by atoms with van der Waals surface area (Å²) in [5.74, 6) is 1.48. The maximum absolute atomic E-state index is 12.3. The molecular weight excluding hydrogens is 358 g/mol. The van der Waals surface area contributed by atoms with E-state index in [0.29, 0.717) is 16.7 Å². The second-order valence-electron chi connectivity index (χ2n) is 6.14. The molecule has 0 saturated heterocycles. The van der Waals surface area contributed by atoms with Gasteiger partial charge in [0.05, 0.1) is 16.2 Å². The van der Waals surface area contributed by atoms with Crippen LogP contribution in [0.2, 0.25) is 0 Å². The number of hydrogen-bond donors (Lipinski definition) is 1. The first-order chi connectivity index (χ1) is 13.2. The molecule has 4 aromatic rings. The van der Waals surface area contributed by atoms with Gasteiger partial charge in [-0.25, -0.2) is 4.98 Å². The van der Waals surface area contributed by atoms with Crippen molar-refractivity contribution in [3.8, 4) is 11.4 Å². The van der Waals surface area contributed by atoms with Crippen molar-refractivity contribution in [2.75, 3.05) is 0 Å². The molecule has 0 bridgehead atoms. The van der Waals surface area contributed by atoms with Gasteiger partial charge in [-0.3, -0.25) is 4.79 Å². The molecule has 136 valence electrons. The largest absolute Gasteiger partial charge is 0.309 e. The minimum Gasteiger partial charge on any atom is -0.309 e. The Hall–Kier alpha value is -2.93. The molecule has 0 spiro atoms. The molecule has 0 radical (unpaired) electrons. The molecule has 2 heterocycles. The molecular formula is C20H19N5OS. The van der Waals surface area contributed by atoms with E-state index in [-0.39, 0.29) is 10.8 Å². The lowest BCUT2D eigenvalue weighted by atomic mass is 10.2. The highest BCUT2D eigenvalue weighted by atomic mass is 32.2. The fourth-order valence-electron chi connectivity index (χ4n) is 2.97. The smallest absolute Gasteiger partial charge is 0.258 e. The zero-order valence-corrected chi connectivity index (χ0v) is 15.9. The first-order valence-corrected chi connectivity index (χ1v) is 9.69. The summed E-state index contributed by atoms with van der Waals surface area (Å²) in [6, 6.07) is 17.4. The Bertz CT molecular complexity index is 1140. The topological polar surface area (TPSA) is 76.5 Å². The molecule has 0 amide bonds. The van der Waals surface area contributed by atoms with Gasteiger partial charge in [-0.2, -0.15) is 0 Å². The number of H-pyrrole nitrogens is 1. The van der Waals surface area contributed by atoms with Gasteiger partial charge in [-0.1, -0.05) is 54.2 Å². The van der Waals surface area contributed by atoms with Crippen LogP contribution < -0.4 is 5.56 Å². The van der Waals surface area contributed by atoms with Crippen LogP contribution >= 0.6 is 11.8 Å². The van der Waals surface area contributed by atoms with E-state index in [4.69, 9.17) is 0 Å². The van der Waals surface area contributed by atoms with Gasteiger partial charge in [-0.15, -0.1) is 10.2 Å². The zero-order chi connectivity index (χ0) is 18.8. The third-order valence-electron chi connectivity index (χ3n) is 4.36. The summed E-state index contributed by atoms with van der Waals surface area (Å²) in [5.41, 5.74) is 1.61. The molecule has 27 heavy (non-hydrogen) atoms. The molecule has 4 rings (SSSR count). The van der Waals surface area contributed by atoms with E-state index in [1.807, 2.05) is 55.5 Å². The molecule has 0 aliphatic carbocycles. The minimum atomic E-state index is -0.120.